The number of fused-ring (bicyclic) bond motifs is 3. The maximum Gasteiger partial charge on any atom is 0.338 e. The van der Waals surface area contributed by atoms with Gasteiger partial charge in [0.1, 0.15) is 6.10 Å². The minimum absolute atomic E-state index is 0.279. The van der Waals surface area contributed by atoms with Gasteiger partial charge in [-0.25, -0.2) is 14.6 Å². The molecule has 3 heterocycles. The van der Waals surface area contributed by atoms with E-state index in [1.165, 1.54) is 31.4 Å². The number of imidazole rings is 1. The fraction of sp³-hybridized carbons (Fsp3) is 0.300. The van der Waals surface area contributed by atoms with Gasteiger partial charge in [0.25, 0.3) is 0 Å². The van der Waals surface area contributed by atoms with Crippen molar-refractivity contribution in [3.63, 3.8) is 0 Å². The molecular weight excluding hydrogens is 500 g/mol. The first-order chi connectivity index (χ1) is 18.9. The van der Waals surface area contributed by atoms with Crippen LogP contribution >= 0.6 is 0 Å². The number of nitrogens with zero attached hydrogens (tertiary/aromatic N) is 2. The van der Waals surface area contributed by atoms with Crippen LogP contribution in [0.3, 0.4) is 0 Å². The zero-order valence-corrected chi connectivity index (χ0v) is 22.2. The summed E-state index contributed by atoms with van der Waals surface area (Å²) in [6.45, 7) is 4.60. The summed E-state index contributed by atoms with van der Waals surface area (Å²) in [5, 5.41) is 0. The molecule has 1 aliphatic rings. The van der Waals surface area contributed by atoms with Crippen molar-refractivity contribution in [2.75, 3.05) is 27.4 Å². The molecule has 3 atom stereocenters. The molecule has 1 aliphatic heterocycles. The Kier molecular flexibility index (Phi) is 7.63. The molecule has 4 aromatic rings. The third kappa shape index (κ3) is 5.10. The first kappa shape index (κ1) is 26.4. The summed E-state index contributed by atoms with van der Waals surface area (Å²) in [5.41, 5.74) is 4.75. The fourth-order valence-electron chi connectivity index (χ4n) is 4.72. The Morgan fingerprint density at radius 2 is 1.62 bits per heavy atom. The molecule has 0 bridgehead atoms. The smallest absolute Gasteiger partial charge is 0.338 e. The van der Waals surface area contributed by atoms with Gasteiger partial charge in [0.2, 0.25) is 0 Å². The molecule has 5 rings (SSSR count). The number of rotatable bonds is 8. The predicted molar refractivity (Wildman–Crippen MR) is 142 cm³/mol. The van der Waals surface area contributed by atoms with Crippen LogP contribution in [0, 0.1) is 13.8 Å². The summed E-state index contributed by atoms with van der Waals surface area (Å²) in [6.07, 6.45) is -0.237. The van der Waals surface area contributed by atoms with E-state index in [2.05, 4.69) is 0 Å². The Morgan fingerprint density at radius 1 is 0.923 bits per heavy atom. The minimum atomic E-state index is -0.829. The quantitative estimate of drug-likeness (QED) is 0.237. The van der Waals surface area contributed by atoms with Crippen LogP contribution in [0.25, 0.3) is 5.65 Å². The van der Waals surface area contributed by atoms with Crippen LogP contribution in [0.2, 0.25) is 0 Å². The molecule has 0 amide bonds. The van der Waals surface area contributed by atoms with Gasteiger partial charge in [0, 0.05) is 24.6 Å². The number of aryl methyl sites for hydroxylation is 2. The van der Waals surface area contributed by atoms with Gasteiger partial charge in [-0.2, -0.15) is 0 Å². The molecule has 0 unspecified atom stereocenters. The lowest BCUT2D eigenvalue weighted by atomic mass is 9.92. The van der Waals surface area contributed by atoms with Crippen molar-refractivity contribution in [1.82, 2.24) is 9.38 Å². The van der Waals surface area contributed by atoms with E-state index in [9.17, 15) is 9.59 Å². The van der Waals surface area contributed by atoms with Gasteiger partial charge in [0.05, 0.1) is 37.1 Å². The third-order valence-electron chi connectivity index (χ3n) is 6.90. The number of pyridine rings is 1. The number of benzene rings is 2. The second kappa shape index (κ2) is 11.3. The maximum absolute atomic E-state index is 13.4. The van der Waals surface area contributed by atoms with Crippen molar-refractivity contribution in [3.05, 3.63) is 101 Å². The molecule has 0 fully saturated rings. The molecule has 0 spiro atoms. The topological polar surface area (TPSA) is 97.6 Å². The zero-order valence-electron chi connectivity index (χ0n) is 22.2. The van der Waals surface area contributed by atoms with Crippen molar-refractivity contribution in [1.29, 1.82) is 0 Å². The SMILES string of the molecule is COCCO[C@@H]1c2ccn3c(C)c(C)nc3c2O[C@H](c2ccccc2)[C@@H]1OC(=O)c1ccc(C(=O)OC)cc1. The lowest BCUT2D eigenvalue weighted by Gasteiger charge is -2.39. The average Bonchev–Trinajstić information content (AvgIpc) is 3.27. The van der Waals surface area contributed by atoms with Crippen molar-refractivity contribution in [3.8, 4) is 5.75 Å². The number of methoxy groups -OCH3 is 2. The standard InChI is InChI=1S/C30H30N2O7/c1-18-19(2)32-15-14-23-25(37-17-16-35-3)27(39-30(34)22-12-10-21(11-13-22)29(33)36-4)24(20-8-6-5-7-9-20)38-26(23)28(32)31-18/h5-15,24-25,27H,16-17H2,1-4H3/t24-,25-,27+/m1/s1. The van der Waals surface area contributed by atoms with E-state index in [4.69, 9.17) is 28.7 Å². The monoisotopic (exact) mass is 530 g/mol. The summed E-state index contributed by atoms with van der Waals surface area (Å²) < 4.78 is 31.0. The van der Waals surface area contributed by atoms with Crippen LogP contribution in [-0.4, -0.2) is 54.9 Å². The minimum Gasteiger partial charge on any atom is -0.477 e. The molecule has 0 aliphatic carbocycles. The third-order valence-corrected chi connectivity index (χ3v) is 6.90. The summed E-state index contributed by atoms with van der Waals surface area (Å²) in [4.78, 5) is 30.0. The number of aromatic nitrogens is 2. The molecule has 9 nitrogen and oxygen atoms in total. The number of hydrogen-bond acceptors (Lipinski definition) is 8. The summed E-state index contributed by atoms with van der Waals surface area (Å²) in [6, 6.07) is 17.6. The Bertz CT molecular complexity index is 1480. The Balaban J connectivity index is 1.57. The van der Waals surface area contributed by atoms with Crippen molar-refractivity contribution in [2.24, 2.45) is 0 Å². The lowest BCUT2D eigenvalue weighted by molar-refractivity contribution is -0.115. The van der Waals surface area contributed by atoms with Gasteiger partial charge in [-0.1, -0.05) is 30.3 Å². The molecular formula is C30H30N2O7. The van der Waals surface area contributed by atoms with Gasteiger partial charge < -0.3 is 28.1 Å². The van der Waals surface area contributed by atoms with Gasteiger partial charge in [-0.05, 0) is 49.7 Å². The van der Waals surface area contributed by atoms with E-state index in [0.29, 0.717) is 23.6 Å². The summed E-state index contributed by atoms with van der Waals surface area (Å²) in [7, 11) is 2.90. The maximum atomic E-state index is 13.4. The first-order valence-electron chi connectivity index (χ1n) is 12.6. The highest BCUT2D eigenvalue weighted by Crippen LogP contribution is 2.46. The van der Waals surface area contributed by atoms with Gasteiger partial charge in [0.15, 0.2) is 23.6 Å². The van der Waals surface area contributed by atoms with Crippen LogP contribution in [0.4, 0.5) is 0 Å². The van der Waals surface area contributed by atoms with E-state index >= 15 is 0 Å². The number of esters is 2. The average molecular weight is 531 g/mol. The lowest BCUT2D eigenvalue weighted by Crippen LogP contribution is -2.40. The molecule has 0 saturated carbocycles. The van der Waals surface area contributed by atoms with Crippen molar-refractivity contribution in [2.45, 2.75) is 32.2 Å². The number of carbonyl (C=O) groups is 2. The summed E-state index contributed by atoms with van der Waals surface area (Å²) in [5.74, 6) is -0.475. The second-order valence-corrected chi connectivity index (χ2v) is 9.25. The molecule has 0 saturated heterocycles. The van der Waals surface area contributed by atoms with Crippen LogP contribution in [0.1, 0.15) is 55.4 Å². The first-order valence-corrected chi connectivity index (χ1v) is 12.6. The van der Waals surface area contributed by atoms with E-state index in [0.717, 1.165) is 22.5 Å². The molecule has 9 heteroatoms. The highest BCUT2D eigenvalue weighted by atomic mass is 16.6. The molecule has 0 N–H and O–H groups in total. The van der Waals surface area contributed by atoms with Gasteiger partial charge >= 0.3 is 11.9 Å². The Labute approximate surface area is 226 Å². The van der Waals surface area contributed by atoms with Crippen LogP contribution < -0.4 is 4.74 Å². The van der Waals surface area contributed by atoms with E-state index < -0.39 is 30.3 Å². The number of carbonyl (C=O) groups excluding carboxylic acids is 2. The number of hydrogen-bond donors (Lipinski definition) is 0. The highest BCUT2D eigenvalue weighted by Gasteiger charge is 2.44. The van der Waals surface area contributed by atoms with Crippen molar-refractivity contribution >= 4 is 17.6 Å². The van der Waals surface area contributed by atoms with E-state index in [1.54, 1.807) is 7.11 Å². The Hall–Kier alpha value is -4.21. The fourth-order valence-corrected chi connectivity index (χ4v) is 4.72. The van der Waals surface area contributed by atoms with E-state index in [1.807, 2.05) is 60.8 Å². The molecule has 202 valence electrons. The van der Waals surface area contributed by atoms with Crippen LogP contribution in [0.5, 0.6) is 5.75 Å². The highest BCUT2D eigenvalue weighted by molar-refractivity contribution is 5.93. The van der Waals surface area contributed by atoms with Crippen molar-refractivity contribution < 1.29 is 33.3 Å². The Morgan fingerprint density at radius 3 is 2.28 bits per heavy atom. The predicted octanol–water partition coefficient (Wildman–Crippen LogP) is 4.80. The normalized spacial score (nSPS) is 18.3. The van der Waals surface area contributed by atoms with Gasteiger partial charge in [-0.3, -0.25) is 0 Å². The van der Waals surface area contributed by atoms with Crippen LogP contribution in [-0.2, 0) is 18.9 Å². The summed E-state index contributed by atoms with van der Waals surface area (Å²) >= 11 is 0. The molecule has 39 heavy (non-hydrogen) atoms. The molecule has 0 radical (unpaired) electrons. The second-order valence-electron chi connectivity index (χ2n) is 9.25. The molecule has 2 aromatic carbocycles. The zero-order chi connectivity index (χ0) is 27.5. The van der Waals surface area contributed by atoms with Crippen LogP contribution in [0.15, 0.2) is 66.9 Å². The van der Waals surface area contributed by atoms with Gasteiger partial charge in [-0.15, -0.1) is 0 Å². The largest absolute Gasteiger partial charge is 0.477 e. The van der Waals surface area contributed by atoms with E-state index in [-0.39, 0.29) is 12.2 Å². The number of ether oxygens (including phenoxy) is 5. The molecule has 2 aromatic heterocycles.